The average molecular weight is 233 g/mol. The van der Waals surface area contributed by atoms with E-state index in [0.29, 0.717) is 12.3 Å². The van der Waals surface area contributed by atoms with Crippen molar-refractivity contribution in [1.29, 1.82) is 0 Å². The third-order valence-corrected chi connectivity index (χ3v) is 2.99. The van der Waals surface area contributed by atoms with E-state index in [4.69, 9.17) is 4.42 Å². The Labute approximate surface area is 101 Å². The average Bonchev–Trinajstić information content (AvgIpc) is 2.72. The maximum Gasteiger partial charge on any atom is 0.137 e. The molecule has 0 fully saturated rings. The van der Waals surface area contributed by atoms with E-state index in [9.17, 15) is 5.11 Å². The molecule has 92 valence electrons. The number of benzene rings is 1. The Morgan fingerprint density at radius 3 is 2.82 bits per heavy atom. The van der Waals surface area contributed by atoms with E-state index in [0.717, 1.165) is 23.1 Å². The molecule has 0 bridgehead atoms. The summed E-state index contributed by atoms with van der Waals surface area (Å²) in [5, 5.41) is 14.5. The van der Waals surface area contributed by atoms with E-state index >= 15 is 0 Å². The first kappa shape index (κ1) is 12.1. The molecule has 0 aliphatic rings. The number of aryl methyl sites for hydroxylation is 1. The summed E-state index contributed by atoms with van der Waals surface area (Å²) in [5.74, 6) is 0.614. The third-order valence-electron chi connectivity index (χ3n) is 2.99. The van der Waals surface area contributed by atoms with Crippen molar-refractivity contribution < 1.29 is 9.52 Å². The molecule has 0 aliphatic heterocycles. The molecule has 0 spiro atoms. The minimum atomic E-state index is -0.971. The van der Waals surface area contributed by atoms with Crippen molar-refractivity contribution in [2.75, 3.05) is 13.1 Å². The Balaban J connectivity index is 2.39. The number of likely N-dealkylation sites (N-methyl/N-ethyl adjacent to an activating group) is 1. The fourth-order valence-electron chi connectivity index (χ4n) is 1.93. The molecular formula is C14H19NO2. The summed E-state index contributed by atoms with van der Waals surface area (Å²) in [5.41, 5.74) is 0.980. The highest BCUT2D eigenvalue weighted by Crippen LogP contribution is 2.29. The number of hydrogen-bond acceptors (Lipinski definition) is 3. The number of furan rings is 1. The summed E-state index contributed by atoms with van der Waals surface area (Å²) in [6, 6.07) is 7.92. The van der Waals surface area contributed by atoms with Gasteiger partial charge >= 0.3 is 0 Å². The zero-order valence-electron chi connectivity index (χ0n) is 10.6. The van der Waals surface area contributed by atoms with E-state index in [1.54, 1.807) is 6.92 Å². The lowest BCUT2D eigenvalue weighted by Crippen LogP contribution is -2.34. The number of hydrogen-bond donors (Lipinski definition) is 2. The van der Waals surface area contributed by atoms with Crippen molar-refractivity contribution >= 4 is 11.0 Å². The molecule has 1 aromatic heterocycles. The first-order valence-corrected chi connectivity index (χ1v) is 5.97. The topological polar surface area (TPSA) is 45.4 Å². The molecule has 0 saturated carbocycles. The normalized spacial score (nSPS) is 15.1. The van der Waals surface area contributed by atoms with Gasteiger partial charge in [0.05, 0.1) is 0 Å². The second-order valence-electron chi connectivity index (χ2n) is 4.66. The van der Waals surface area contributed by atoms with Crippen LogP contribution in [0.25, 0.3) is 11.0 Å². The van der Waals surface area contributed by atoms with Crippen molar-refractivity contribution in [3.63, 3.8) is 0 Å². The van der Waals surface area contributed by atoms with Gasteiger partial charge in [-0.25, -0.2) is 0 Å². The Morgan fingerprint density at radius 1 is 1.41 bits per heavy atom. The molecule has 1 unspecified atom stereocenters. The van der Waals surface area contributed by atoms with Crippen LogP contribution in [0.15, 0.2) is 28.7 Å². The van der Waals surface area contributed by atoms with Gasteiger partial charge in [-0.05, 0) is 32.0 Å². The molecule has 1 aromatic carbocycles. The van der Waals surface area contributed by atoms with Gasteiger partial charge in [-0.2, -0.15) is 0 Å². The summed E-state index contributed by atoms with van der Waals surface area (Å²) in [7, 11) is 0. The number of nitrogens with one attached hydrogen (secondary N) is 1. The number of aliphatic hydroxyl groups is 1. The summed E-state index contributed by atoms with van der Waals surface area (Å²) in [6.45, 7) is 7.11. The molecule has 1 heterocycles. The number of rotatable bonds is 4. The second-order valence-corrected chi connectivity index (χ2v) is 4.66. The molecule has 3 nitrogen and oxygen atoms in total. The fraction of sp³-hybridized carbons (Fsp3) is 0.429. The van der Waals surface area contributed by atoms with Crippen molar-refractivity contribution in [1.82, 2.24) is 5.32 Å². The van der Waals surface area contributed by atoms with E-state index < -0.39 is 5.60 Å². The first-order chi connectivity index (χ1) is 8.04. The van der Waals surface area contributed by atoms with Crippen LogP contribution in [0.5, 0.6) is 0 Å². The highest BCUT2D eigenvalue weighted by Gasteiger charge is 2.27. The molecule has 3 heteroatoms. The van der Waals surface area contributed by atoms with Gasteiger partial charge in [0.2, 0.25) is 0 Å². The molecule has 0 amide bonds. The molecule has 2 N–H and O–H groups in total. The Morgan fingerprint density at radius 2 is 2.18 bits per heavy atom. The van der Waals surface area contributed by atoms with Gasteiger partial charge in [0.15, 0.2) is 0 Å². The molecule has 2 aromatic rings. The SMILES string of the molecule is CCNCC(C)(O)c1cc2cccc(C)c2o1. The summed E-state index contributed by atoms with van der Waals surface area (Å²) in [4.78, 5) is 0. The molecule has 0 radical (unpaired) electrons. The fourth-order valence-corrected chi connectivity index (χ4v) is 1.93. The van der Waals surface area contributed by atoms with Crippen molar-refractivity contribution in [3.05, 3.63) is 35.6 Å². The van der Waals surface area contributed by atoms with Crippen LogP contribution in [0, 0.1) is 6.92 Å². The van der Waals surface area contributed by atoms with Gasteiger partial charge in [-0.3, -0.25) is 0 Å². The minimum Gasteiger partial charge on any atom is -0.458 e. The Hall–Kier alpha value is -1.32. The lowest BCUT2D eigenvalue weighted by Gasteiger charge is -2.20. The lowest BCUT2D eigenvalue weighted by molar-refractivity contribution is 0.0364. The smallest absolute Gasteiger partial charge is 0.137 e. The van der Waals surface area contributed by atoms with Crippen LogP contribution >= 0.6 is 0 Å². The predicted octanol–water partition coefficient (Wildman–Crippen LogP) is 2.56. The van der Waals surface area contributed by atoms with Gasteiger partial charge in [0.1, 0.15) is 16.9 Å². The van der Waals surface area contributed by atoms with E-state index in [2.05, 4.69) is 5.32 Å². The van der Waals surface area contributed by atoms with E-state index in [1.165, 1.54) is 0 Å². The predicted molar refractivity (Wildman–Crippen MR) is 69.1 cm³/mol. The van der Waals surface area contributed by atoms with Gasteiger partial charge in [0, 0.05) is 11.9 Å². The molecule has 1 atom stereocenters. The van der Waals surface area contributed by atoms with Gasteiger partial charge in [-0.15, -0.1) is 0 Å². The van der Waals surface area contributed by atoms with Crippen LogP contribution in [0.2, 0.25) is 0 Å². The second kappa shape index (κ2) is 4.51. The van der Waals surface area contributed by atoms with Crippen molar-refractivity contribution in [3.8, 4) is 0 Å². The van der Waals surface area contributed by atoms with Crippen molar-refractivity contribution in [2.45, 2.75) is 26.4 Å². The van der Waals surface area contributed by atoms with Crippen LogP contribution in [-0.4, -0.2) is 18.2 Å². The van der Waals surface area contributed by atoms with E-state index in [-0.39, 0.29) is 0 Å². The van der Waals surface area contributed by atoms with Crippen LogP contribution in [0.3, 0.4) is 0 Å². The quantitative estimate of drug-likeness (QED) is 0.853. The lowest BCUT2D eigenvalue weighted by atomic mass is 10.0. The summed E-state index contributed by atoms with van der Waals surface area (Å²) >= 11 is 0. The maximum absolute atomic E-state index is 10.4. The van der Waals surface area contributed by atoms with Gasteiger partial charge < -0.3 is 14.8 Å². The van der Waals surface area contributed by atoms with Crippen LogP contribution in [0.1, 0.15) is 25.2 Å². The minimum absolute atomic E-state index is 0.488. The largest absolute Gasteiger partial charge is 0.458 e. The van der Waals surface area contributed by atoms with Crippen LogP contribution < -0.4 is 5.32 Å². The molecule has 17 heavy (non-hydrogen) atoms. The maximum atomic E-state index is 10.4. The monoisotopic (exact) mass is 233 g/mol. The zero-order chi connectivity index (χ0) is 12.5. The molecule has 0 saturated heterocycles. The zero-order valence-corrected chi connectivity index (χ0v) is 10.6. The highest BCUT2D eigenvalue weighted by molar-refractivity contribution is 5.81. The van der Waals surface area contributed by atoms with Gasteiger partial charge in [-0.1, -0.05) is 25.1 Å². The first-order valence-electron chi connectivity index (χ1n) is 5.97. The number of para-hydroxylation sites is 1. The third kappa shape index (κ3) is 2.35. The summed E-state index contributed by atoms with van der Waals surface area (Å²) < 4.78 is 5.77. The van der Waals surface area contributed by atoms with Crippen LogP contribution in [-0.2, 0) is 5.60 Å². The Kier molecular flexibility index (Phi) is 3.22. The number of fused-ring (bicyclic) bond motifs is 1. The molecule has 0 aliphatic carbocycles. The standard InChI is InChI=1S/C14H19NO2/c1-4-15-9-14(3,16)12-8-11-7-5-6-10(2)13(11)17-12/h5-8,15-16H,4,9H2,1-3H3. The van der Waals surface area contributed by atoms with E-state index in [1.807, 2.05) is 38.1 Å². The summed E-state index contributed by atoms with van der Waals surface area (Å²) in [6.07, 6.45) is 0. The van der Waals surface area contributed by atoms with Crippen LogP contribution in [0.4, 0.5) is 0 Å². The highest BCUT2D eigenvalue weighted by atomic mass is 16.4. The Bertz CT molecular complexity index is 514. The molecule has 2 rings (SSSR count). The molecular weight excluding hydrogens is 214 g/mol. The van der Waals surface area contributed by atoms with Gasteiger partial charge in [0.25, 0.3) is 0 Å². The van der Waals surface area contributed by atoms with Crippen molar-refractivity contribution in [2.24, 2.45) is 0 Å².